The van der Waals surface area contributed by atoms with Gasteiger partial charge in [-0.25, -0.2) is 4.39 Å². The number of nitrogens with zero attached hydrogens (tertiary/aromatic N) is 1. The van der Waals surface area contributed by atoms with E-state index in [-0.39, 0.29) is 11.5 Å². The first-order chi connectivity index (χ1) is 14.9. The number of benzene rings is 1. The third kappa shape index (κ3) is 4.61. The molecule has 1 aliphatic carbocycles. The number of halogens is 1. The number of anilines is 1. The SMILES string of the molecule is Cc1cc(NC(=O)c2c(C)c(C(=O)C(=O)NC3(C)CCC(C)CC3)n(C)c2C)ccc1F. The second-order valence-electron chi connectivity index (χ2n) is 9.44. The molecule has 1 aliphatic rings. The predicted octanol–water partition coefficient (Wildman–Crippen LogP) is 4.61. The number of aryl methyl sites for hydroxylation is 1. The second-order valence-corrected chi connectivity index (χ2v) is 9.44. The molecule has 0 aliphatic heterocycles. The van der Waals surface area contributed by atoms with Crippen molar-refractivity contribution >= 4 is 23.3 Å². The number of carbonyl (C=O) groups is 3. The van der Waals surface area contributed by atoms with Gasteiger partial charge in [0.25, 0.3) is 17.6 Å². The van der Waals surface area contributed by atoms with Crippen LogP contribution in [0.4, 0.5) is 10.1 Å². The molecule has 2 N–H and O–H groups in total. The van der Waals surface area contributed by atoms with E-state index in [2.05, 4.69) is 17.6 Å². The molecule has 172 valence electrons. The number of carbonyl (C=O) groups excluding carboxylic acids is 3. The normalized spacial score (nSPS) is 20.7. The van der Waals surface area contributed by atoms with Crippen LogP contribution in [0.3, 0.4) is 0 Å². The summed E-state index contributed by atoms with van der Waals surface area (Å²) in [5, 5.41) is 5.70. The second kappa shape index (κ2) is 8.88. The highest BCUT2D eigenvalue weighted by atomic mass is 19.1. The number of rotatable bonds is 5. The average molecular weight is 442 g/mol. The lowest BCUT2D eigenvalue weighted by molar-refractivity contribution is -0.119. The van der Waals surface area contributed by atoms with Gasteiger partial charge in [0, 0.05) is 24.0 Å². The fourth-order valence-electron chi connectivity index (χ4n) is 4.51. The van der Waals surface area contributed by atoms with E-state index in [9.17, 15) is 18.8 Å². The van der Waals surface area contributed by atoms with Crippen LogP contribution in [0.2, 0.25) is 0 Å². The van der Waals surface area contributed by atoms with Gasteiger partial charge >= 0.3 is 0 Å². The van der Waals surface area contributed by atoms with Crippen molar-refractivity contribution in [2.24, 2.45) is 13.0 Å². The lowest BCUT2D eigenvalue weighted by Gasteiger charge is -2.36. The Morgan fingerprint density at radius 2 is 1.75 bits per heavy atom. The molecule has 32 heavy (non-hydrogen) atoms. The van der Waals surface area contributed by atoms with Gasteiger partial charge in [-0.3, -0.25) is 14.4 Å². The predicted molar refractivity (Wildman–Crippen MR) is 122 cm³/mol. The Morgan fingerprint density at radius 3 is 2.34 bits per heavy atom. The molecule has 2 aromatic rings. The fourth-order valence-corrected chi connectivity index (χ4v) is 4.51. The van der Waals surface area contributed by atoms with Crippen LogP contribution in [0.25, 0.3) is 0 Å². The number of ketones is 1. The van der Waals surface area contributed by atoms with Gasteiger partial charge in [-0.1, -0.05) is 6.92 Å². The largest absolute Gasteiger partial charge is 0.344 e. The maximum absolute atomic E-state index is 13.5. The van der Waals surface area contributed by atoms with Gasteiger partial charge < -0.3 is 15.2 Å². The summed E-state index contributed by atoms with van der Waals surface area (Å²) in [4.78, 5) is 38.9. The van der Waals surface area contributed by atoms with E-state index < -0.39 is 23.1 Å². The Labute approximate surface area is 188 Å². The fraction of sp³-hybridized carbons (Fsp3) is 0.480. The maximum Gasteiger partial charge on any atom is 0.294 e. The number of hydrogen-bond acceptors (Lipinski definition) is 3. The lowest BCUT2D eigenvalue weighted by atomic mass is 9.78. The summed E-state index contributed by atoms with van der Waals surface area (Å²) < 4.78 is 15.1. The van der Waals surface area contributed by atoms with E-state index in [1.165, 1.54) is 12.1 Å². The average Bonchev–Trinajstić information content (AvgIpc) is 2.95. The lowest BCUT2D eigenvalue weighted by Crippen LogP contribution is -2.50. The molecule has 6 nitrogen and oxygen atoms in total. The number of amides is 2. The first-order valence-electron chi connectivity index (χ1n) is 11.0. The van der Waals surface area contributed by atoms with Gasteiger partial charge in [0.05, 0.1) is 11.3 Å². The summed E-state index contributed by atoms with van der Waals surface area (Å²) in [6.07, 6.45) is 3.70. The van der Waals surface area contributed by atoms with E-state index in [0.717, 1.165) is 25.7 Å². The van der Waals surface area contributed by atoms with Crippen LogP contribution in [0.5, 0.6) is 0 Å². The molecule has 0 bridgehead atoms. The van der Waals surface area contributed by atoms with Gasteiger partial charge in [0.1, 0.15) is 5.82 Å². The minimum absolute atomic E-state index is 0.202. The Morgan fingerprint density at radius 1 is 1.12 bits per heavy atom. The molecule has 1 saturated carbocycles. The molecule has 0 atom stereocenters. The van der Waals surface area contributed by atoms with Crippen molar-refractivity contribution in [2.75, 3.05) is 5.32 Å². The summed E-state index contributed by atoms with van der Waals surface area (Å²) in [6.45, 7) is 9.20. The molecule has 0 saturated heterocycles. The maximum atomic E-state index is 13.5. The molecule has 0 unspecified atom stereocenters. The van der Waals surface area contributed by atoms with Crippen LogP contribution in [0, 0.1) is 32.5 Å². The molecule has 0 spiro atoms. The van der Waals surface area contributed by atoms with Crippen LogP contribution in [-0.4, -0.2) is 27.7 Å². The highest BCUT2D eigenvalue weighted by molar-refractivity contribution is 6.43. The van der Waals surface area contributed by atoms with Crippen LogP contribution < -0.4 is 10.6 Å². The van der Waals surface area contributed by atoms with Crippen molar-refractivity contribution in [1.82, 2.24) is 9.88 Å². The zero-order valence-corrected chi connectivity index (χ0v) is 19.7. The molecular weight excluding hydrogens is 409 g/mol. The van der Waals surface area contributed by atoms with Crippen molar-refractivity contribution in [1.29, 1.82) is 0 Å². The monoisotopic (exact) mass is 441 g/mol. The Kier molecular flexibility index (Phi) is 6.58. The number of nitrogens with one attached hydrogen (secondary N) is 2. The Bertz CT molecular complexity index is 1080. The molecule has 1 aromatic carbocycles. The third-order valence-corrected chi connectivity index (χ3v) is 6.79. The first kappa shape index (κ1) is 23.7. The zero-order valence-electron chi connectivity index (χ0n) is 19.7. The molecule has 1 aromatic heterocycles. The van der Waals surface area contributed by atoms with Crippen LogP contribution >= 0.6 is 0 Å². The standard InChI is InChI=1S/C25H32FN3O3/c1-14-9-11-25(5,12-10-14)28-24(32)22(30)21-16(3)20(17(4)29(21)6)23(31)27-18-7-8-19(26)15(2)13-18/h7-8,13-14H,9-12H2,1-6H3,(H,27,31)(H,28,32). The molecule has 1 heterocycles. The van der Waals surface area contributed by atoms with Crippen molar-refractivity contribution in [3.63, 3.8) is 0 Å². The van der Waals surface area contributed by atoms with Crippen LogP contribution in [-0.2, 0) is 11.8 Å². The van der Waals surface area contributed by atoms with Gasteiger partial charge in [-0.05, 0) is 88.6 Å². The van der Waals surface area contributed by atoms with Crippen LogP contribution in [0.15, 0.2) is 18.2 Å². The van der Waals surface area contributed by atoms with E-state index in [1.54, 1.807) is 38.5 Å². The van der Waals surface area contributed by atoms with Crippen molar-refractivity contribution in [2.45, 2.75) is 65.8 Å². The molecule has 2 amide bonds. The highest BCUT2D eigenvalue weighted by Crippen LogP contribution is 2.32. The van der Waals surface area contributed by atoms with Crippen molar-refractivity contribution in [3.05, 3.63) is 52.1 Å². The zero-order chi connectivity index (χ0) is 23.8. The van der Waals surface area contributed by atoms with E-state index in [1.807, 2.05) is 6.92 Å². The molecule has 1 fully saturated rings. The van der Waals surface area contributed by atoms with Gasteiger partial charge in [-0.15, -0.1) is 0 Å². The summed E-state index contributed by atoms with van der Waals surface area (Å²) in [6, 6.07) is 4.33. The van der Waals surface area contributed by atoms with Crippen molar-refractivity contribution in [3.8, 4) is 0 Å². The molecular formula is C25H32FN3O3. The first-order valence-corrected chi connectivity index (χ1v) is 11.0. The summed E-state index contributed by atoms with van der Waals surface area (Å²) in [5.41, 5.74) is 2.05. The number of Topliss-reactive ketones (excluding diaryl/α,β-unsaturated/α-hetero) is 1. The Hall–Kier alpha value is -2.96. The van der Waals surface area contributed by atoms with Gasteiger partial charge in [0.15, 0.2) is 0 Å². The van der Waals surface area contributed by atoms with Gasteiger partial charge in [0.2, 0.25) is 0 Å². The molecule has 3 rings (SSSR count). The van der Waals surface area contributed by atoms with E-state index >= 15 is 0 Å². The number of aromatic nitrogens is 1. The smallest absolute Gasteiger partial charge is 0.294 e. The third-order valence-electron chi connectivity index (χ3n) is 6.79. The summed E-state index contributed by atoms with van der Waals surface area (Å²) >= 11 is 0. The minimum atomic E-state index is -0.648. The Balaban J connectivity index is 1.83. The molecule has 7 heteroatoms. The van der Waals surface area contributed by atoms with E-state index in [0.29, 0.717) is 34.0 Å². The quantitative estimate of drug-likeness (QED) is 0.525. The summed E-state index contributed by atoms with van der Waals surface area (Å²) in [7, 11) is 1.67. The topological polar surface area (TPSA) is 80.2 Å². The van der Waals surface area contributed by atoms with Crippen LogP contribution in [0.1, 0.15) is 77.2 Å². The van der Waals surface area contributed by atoms with E-state index in [4.69, 9.17) is 0 Å². The summed E-state index contributed by atoms with van der Waals surface area (Å²) in [5.74, 6) is -1.43. The number of hydrogen-bond donors (Lipinski definition) is 2. The molecule has 0 radical (unpaired) electrons. The minimum Gasteiger partial charge on any atom is -0.344 e. The van der Waals surface area contributed by atoms with Crippen molar-refractivity contribution < 1.29 is 18.8 Å². The van der Waals surface area contributed by atoms with Gasteiger partial charge in [-0.2, -0.15) is 0 Å². The highest BCUT2D eigenvalue weighted by Gasteiger charge is 2.35.